The van der Waals surface area contributed by atoms with E-state index in [0.717, 1.165) is 6.07 Å². The second-order valence-electron chi connectivity index (χ2n) is 4.81. The van der Waals surface area contributed by atoms with Crippen LogP contribution >= 0.6 is 0 Å². The molecular formula is C12H16F3N5O. The van der Waals surface area contributed by atoms with E-state index in [1.165, 1.54) is 14.0 Å². The number of rotatable bonds is 3. The maximum absolute atomic E-state index is 12.8. The number of carbonyl (C=O) groups excluding carboxylic acids is 1. The Morgan fingerprint density at radius 1 is 1.43 bits per heavy atom. The third-order valence-electron chi connectivity index (χ3n) is 3.15. The van der Waals surface area contributed by atoms with Gasteiger partial charge in [-0.3, -0.25) is 4.79 Å². The summed E-state index contributed by atoms with van der Waals surface area (Å²) in [4.78, 5) is 20.2. The highest BCUT2D eigenvalue weighted by atomic mass is 19.4. The van der Waals surface area contributed by atoms with Crippen molar-refractivity contribution in [2.75, 3.05) is 30.4 Å². The lowest BCUT2D eigenvalue weighted by Crippen LogP contribution is -2.35. The number of hydrogen-bond acceptors (Lipinski definition) is 5. The fourth-order valence-corrected chi connectivity index (χ4v) is 2.23. The molecule has 0 radical (unpaired) electrons. The Hall–Kier alpha value is -2.06. The molecule has 1 aliphatic rings. The molecule has 2 rings (SSSR count). The van der Waals surface area contributed by atoms with Crippen LogP contribution in [0.4, 0.5) is 24.9 Å². The maximum atomic E-state index is 12.8. The van der Waals surface area contributed by atoms with Gasteiger partial charge in [-0.1, -0.05) is 0 Å². The van der Waals surface area contributed by atoms with E-state index in [1.807, 2.05) is 0 Å². The van der Waals surface area contributed by atoms with Gasteiger partial charge in [0.25, 0.3) is 0 Å². The molecule has 0 bridgehead atoms. The van der Waals surface area contributed by atoms with Crippen molar-refractivity contribution < 1.29 is 18.0 Å². The molecule has 1 unspecified atom stereocenters. The van der Waals surface area contributed by atoms with Gasteiger partial charge in [-0.2, -0.15) is 18.2 Å². The van der Waals surface area contributed by atoms with Crippen LogP contribution in [0, 0.1) is 0 Å². The fourth-order valence-electron chi connectivity index (χ4n) is 2.23. The minimum Gasteiger partial charge on any atom is -0.357 e. The molecule has 9 heteroatoms. The Kier molecular flexibility index (Phi) is 4.19. The van der Waals surface area contributed by atoms with Crippen molar-refractivity contribution in [3.8, 4) is 0 Å². The first-order valence-corrected chi connectivity index (χ1v) is 6.45. The molecular weight excluding hydrogens is 287 g/mol. The quantitative estimate of drug-likeness (QED) is 0.879. The van der Waals surface area contributed by atoms with Gasteiger partial charge in [-0.25, -0.2) is 4.98 Å². The fraction of sp³-hybridized carbons (Fsp3) is 0.583. The average Bonchev–Trinajstić information content (AvgIpc) is 2.84. The lowest BCUT2D eigenvalue weighted by atomic mass is 10.2. The number of aromatic nitrogens is 2. The zero-order valence-corrected chi connectivity index (χ0v) is 11.7. The monoisotopic (exact) mass is 303 g/mol. The molecule has 2 heterocycles. The second kappa shape index (κ2) is 5.74. The van der Waals surface area contributed by atoms with Gasteiger partial charge in [0.15, 0.2) is 5.69 Å². The first-order chi connectivity index (χ1) is 9.79. The largest absolute Gasteiger partial charge is 0.433 e. The minimum absolute atomic E-state index is 0.0789. The number of anilines is 2. The van der Waals surface area contributed by atoms with Gasteiger partial charge in [0.1, 0.15) is 5.82 Å². The summed E-state index contributed by atoms with van der Waals surface area (Å²) in [6.07, 6.45) is -3.86. The number of alkyl halides is 3. The van der Waals surface area contributed by atoms with Gasteiger partial charge in [0, 0.05) is 39.2 Å². The van der Waals surface area contributed by atoms with Crippen LogP contribution in [0.3, 0.4) is 0 Å². The average molecular weight is 303 g/mol. The van der Waals surface area contributed by atoms with Crippen molar-refractivity contribution in [1.82, 2.24) is 15.3 Å². The van der Waals surface area contributed by atoms with Gasteiger partial charge < -0.3 is 15.5 Å². The van der Waals surface area contributed by atoms with Crippen LogP contribution in [0.15, 0.2) is 6.07 Å². The topological polar surface area (TPSA) is 70.2 Å². The molecule has 1 aromatic rings. The summed E-state index contributed by atoms with van der Waals surface area (Å²) >= 11 is 0. The first-order valence-electron chi connectivity index (χ1n) is 6.45. The zero-order valence-electron chi connectivity index (χ0n) is 11.7. The summed E-state index contributed by atoms with van der Waals surface area (Å²) in [5, 5.41) is 5.28. The normalized spacial score (nSPS) is 18.7. The van der Waals surface area contributed by atoms with Crippen molar-refractivity contribution >= 4 is 17.7 Å². The smallest absolute Gasteiger partial charge is 0.357 e. The van der Waals surface area contributed by atoms with E-state index in [1.54, 1.807) is 4.90 Å². The third kappa shape index (κ3) is 3.73. The molecule has 116 valence electrons. The molecule has 6 nitrogen and oxygen atoms in total. The molecule has 1 aliphatic heterocycles. The summed E-state index contributed by atoms with van der Waals surface area (Å²) in [6, 6.07) is 0.849. The van der Waals surface area contributed by atoms with Gasteiger partial charge in [0.05, 0.1) is 0 Å². The molecule has 1 atom stereocenters. The molecule has 2 N–H and O–H groups in total. The predicted molar refractivity (Wildman–Crippen MR) is 71.0 cm³/mol. The van der Waals surface area contributed by atoms with Gasteiger partial charge in [-0.05, 0) is 6.42 Å². The van der Waals surface area contributed by atoms with Crippen molar-refractivity contribution in [2.45, 2.75) is 25.6 Å². The van der Waals surface area contributed by atoms with E-state index in [0.29, 0.717) is 19.5 Å². The minimum atomic E-state index is -4.53. The Labute approximate surface area is 119 Å². The molecule has 0 aliphatic carbocycles. The number of halogens is 3. The highest BCUT2D eigenvalue weighted by Crippen LogP contribution is 2.31. The SMILES string of the molecule is CNc1nc(N2CCC(NC(C)=O)C2)cc(C(F)(F)F)n1. The lowest BCUT2D eigenvalue weighted by Gasteiger charge is -2.19. The van der Waals surface area contributed by atoms with Crippen LogP contribution in [-0.2, 0) is 11.0 Å². The molecule has 1 amide bonds. The Balaban J connectivity index is 2.22. The molecule has 0 saturated carbocycles. The van der Waals surface area contributed by atoms with Crippen molar-refractivity contribution in [1.29, 1.82) is 0 Å². The van der Waals surface area contributed by atoms with Crippen LogP contribution in [-0.4, -0.2) is 42.1 Å². The van der Waals surface area contributed by atoms with Crippen LogP contribution in [0.1, 0.15) is 19.0 Å². The molecule has 1 saturated heterocycles. The van der Waals surface area contributed by atoms with Gasteiger partial charge in [0.2, 0.25) is 11.9 Å². The number of carbonyl (C=O) groups is 1. The van der Waals surface area contributed by atoms with E-state index < -0.39 is 11.9 Å². The third-order valence-corrected chi connectivity index (χ3v) is 3.15. The summed E-state index contributed by atoms with van der Waals surface area (Å²) in [6.45, 7) is 2.37. The summed E-state index contributed by atoms with van der Waals surface area (Å²) in [7, 11) is 1.46. The molecule has 0 aromatic carbocycles. The van der Waals surface area contributed by atoms with E-state index >= 15 is 0 Å². The Morgan fingerprint density at radius 3 is 2.71 bits per heavy atom. The highest BCUT2D eigenvalue weighted by molar-refractivity contribution is 5.73. The number of amides is 1. The van der Waals surface area contributed by atoms with Crippen LogP contribution in [0.25, 0.3) is 0 Å². The van der Waals surface area contributed by atoms with Gasteiger partial charge in [-0.15, -0.1) is 0 Å². The van der Waals surface area contributed by atoms with Crippen molar-refractivity contribution in [3.05, 3.63) is 11.8 Å². The molecule has 1 fully saturated rings. The molecule has 0 spiro atoms. The standard InChI is InChI=1S/C12H16F3N5O/c1-7(21)17-8-3-4-20(6-8)10-5-9(12(13,14)15)18-11(16-2)19-10/h5,8H,3-4,6H2,1-2H3,(H,17,21)(H,16,18,19). The van der Waals surface area contributed by atoms with Crippen molar-refractivity contribution in [3.63, 3.8) is 0 Å². The van der Waals surface area contributed by atoms with Gasteiger partial charge >= 0.3 is 6.18 Å². The number of nitrogens with one attached hydrogen (secondary N) is 2. The zero-order chi connectivity index (χ0) is 15.6. The van der Waals surface area contributed by atoms with Crippen molar-refractivity contribution in [2.24, 2.45) is 0 Å². The molecule has 21 heavy (non-hydrogen) atoms. The van der Waals surface area contributed by atoms with Crippen LogP contribution in [0.2, 0.25) is 0 Å². The van der Waals surface area contributed by atoms with E-state index in [9.17, 15) is 18.0 Å². The number of nitrogens with zero attached hydrogens (tertiary/aromatic N) is 3. The highest BCUT2D eigenvalue weighted by Gasteiger charge is 2.35. The van der Waals surface area contributed by atoms with Crippen LogP contribution < -0.4 is 15.5 Å². The number of hydrogen-bond donors (Lipinski definition) is 2. The summed E-state index contributed by atoms with van der Waals surface area (Å²) in [5.41, 5.74) is -0.986. The lowest BCUT2D eigenvalue weighted by molar-refractivity contribution is -0.141. The predicted octanol–water partition coefficient (Wildman–Crippen LogP) is 1.25. The first kappa shape index (κ1) is 15.3. The summed E-state index contributed by atoms with van der Waals surface area (Å²) < 4.78 is 38.5. The van der Waals surface area contributed by atoms with E-state index in [-0.39, 0.29) is 23.7 Å². The maximum Gasteiger partial charge on any atom is 0.433 e. The second-order valence-corrected chi connectivity index (χ2v) is 4.81. The molecule has 1 aromatic heterocycles. The summed E-state index contributed by atoms with van der Waals surface area (Å²) in [5.74, 6) is -0.0336. The van der Waals surface area contributed by atoms with E-state index in [2.05, 4.69) is 20.6 Å². The Morgan fingerprint density at radius 2 is 2.14 bits per heavy atom. The Bertz CT molecular complexity index is 534. The van der Waals surface area contributed by atoms with Crippen LogP contribution in [0.5, 0.6) is 0 Å². The van der Waals surface area contributed by atoms with E-state index in [4.69, 9.17) is 0 Å².